The molecule has 1 N–H and O–H groups in total. The van der Waals surface area contributed by atoms with Crippen molar-refractivity contribution >= 4 is 45.1 Å². The van der Waals surface area contributed by atoms with Crippen LogP contribution < -0.4 is 10.9 Å². The van der Waals surface area contributed by atoms with Crippen molar-refractivity contribution in [2.24, 2.45) is 0 Å². The van der Waals surface area contributed by atoms with Crippen molar-refractivity contribution in [2.75, 3.05) is 12.4 Å². The summed E-state index contributed by atoms with van der Waals surface area (Å²) in [6.45, 7) is 0. The Morgan fingerprint density at radius 3 is 2.56 bits per heavy atom. The zero-order chi connectivity index (χ0) is 25.7. The summed E-state index contributed by atoms with van der Waals surface area (Å²) in [6.07, 6.45) is 5.16. The molecule has 1 amide bonds. The molecule has 1 atom stereocenters. The number of pyridine rings is 2. The molecule has 1 unspecified atom stereocenters. The van der Waals surface area contributed by atoms with Gasteiger partial charge < -0.3 is 14.6 Å². The number of ether oxygens (including phenoxy) is 1. The number of anilines is 1. The normalized spacial score (nSPS) is 11.5. The van der Waals surface area contributed by atoms with E-state index < -0.39 is 12.0 Å². The third-order valence-corrected chi connectivity index (χ3v) is 6.48. The lowest BCUT2D eigenvalue weighted by Gasteiger charge is -2.20. The van der Waals surface area contributed by atoms with E-state index in [9.17, 15) is 14.4 Å². The number of amides is 1. The van der Waals surface area contributed by atoms with E-state index in [2.05, 4.69) is 26.2 Å². The van der Waals surface area contributed by atoms with Crippen LogP contribution in [0.5, 0.6) is 0 Å². The molecule has 36 heavy (non-hydrogen) atoms. The Hall–Kier alpha value is -3.75. The number of rotatable bonds is 7. The molecule has 0 aliphatic carbocycles. The van der Waals surface area contributed by atoms with Gasteiger partial charge in [0.2, 0.25) is 5.91 Å². The van der Waals surface area contributed by atoms with Gasteiger partial charge in [-0.05, 0) is 71.3 Å². The molecule has 2 heterocycles. The Balaban J connectivity index is 1.66. The van der Waals surface area contributed by atoms with Crippen LogP contribution in [0.2, 0.25) is 5.02 Å². The number of hydrogen-bond acceptors (Lipinski definition) is 5. The highest BCUT2D eigenvalue weighted by Gasteiger charge is 2.23. The van der Waals surface area contributed by atoms with Crippen LogP contribution in [-0.2, 0) is 16.0 Å². The lowest BCUT2D eigenvalue weighted by Crippen LogP contribution is -2.34. The van der Waals surface area contributed by atoms with Crippen LogP contribution >= 0.6 is 27.5 Å². The van der Waals surface area contributed by atoms with Gasteiger partial charge in [-0.3, -0.25) is 14.6 Å². The minimum Gasteiger partial charge on any atom is -0.465 e. The van der Waals surface area contributed by atoms with E-state index in [1.54, 1.807) is 67.1 Å². The Labute approximate surface area is 220 Å². The standard InChI is InChI=1S/C27H21BrClN3O4/c1-36-27(35)18-4-7-21(8-5-18)31-26(34)24(13-17-3-2-11-30-16-17)32-12-10-19(14-25(32)33)22-15-20(29)6-9-23(22)28/h2-12,14-16,24H,13H2,1H3,(H,31,34). The van der Waals surface area contributed by atoms with E-state index in [4.69, 9.17) is 16.3 Å². The van der Waals surface area contributed by atoms with E-state index in [1.165, 1.54) is 17.7 Å². The molecule has 2 aromatic carbocycles. The van der Waals surface area contributed by atoms with Crippen molar-refractivity contribution in [3.05, 3.63) is 116 Å². The molecule has 182 valence electrons. The molecule has 0 saturated carbocycles. The molecular weight excluding hydrogens is 546 g/mol. The van der Waals surface area contributed by atoms with Gasteiger partial charge in [0.25, 0.3) is 5.56 Å². The number of halogens is 2. The molecular formula is C27H21BrClN3O4. The molecule has 0 aliphatic heterocycles. The van der Waals surface area contributed by atoms with Crippen molar-refractivity contribution in [3.8, 4) is 11.1 Å². The van der Waals surface area contributed by atoms with E-state index in [1.807, 2.05) is 12.1 Å². The van der Waals surface area contributed by atoms with Crippen LogP contribution in [-0.4, -0.2) is 28.5 Å². The summed E-state index contributed by atoms with van der Waals surface area (Å²) in [5.74, 6) is -0.858. The molecule has 0 spiro atoms. The zero-order valence-electron chi connectivity index (χ0n) is 19.2. The number of methoxy groups -OCH3 is 1. The van der Waals surface area contributed by atoms with Crippen molar-refractivity contribution in [1.29, 1.82) is 0 Å². The first-order chi connectivity index (χ1) is 17.4. The van der Waals surface area contributed by atoms with Crippen LogP contribution in [0.15, 0.2) is 94.6 Å². The maximum absolute atomic E-state index is 13.4. The van der Waals surface area contributed by atoms with Gasteiger partial charge in [-0.15, -0.1) is 0 Å². The quantitative estimate of drug-likeness (QED) is 0.297. The Kier molecular flexibility index (Phi) is 7.97. The minimum absolute atomic E-state index is 0.250. The molecule has 4 rings (SSSR count). The third-order valence-electron chi connectivity index (χ3n) is 5.55. The molecule has 0 saturated heterocycles. The Morgan fingerprint density at radius 2 is 1.89 bits per heavy atom. The third kappa shape index (κ3) is 5.90. The second kappa shape index (κ2) is 11.3. The van der Waals surface area contributed by atoms with Gasteiger partial charge in [0.05, 0.1) is 12.7 Å². The highest BCUT2D eigenvalue weighted by Crippen LogP contribution is 2.30. The summed E-state index contributed by atoms with van der Waals surface area (Å²) in [5, 5.41) is 3.38. The molecule has 0 fully saturated rings. The molecule has 0 radical (unpaired) electrons. The Morgan fingerprint density at radius 1 is 1.11 bits per heavy atom. The number of aromatic nitrogens is 2. The fourth-order valence-corrected chi connectivity index (χ4v) is 4.37. The van der Waals surface area contributed by atoms with Crippen molar-refractivity contribution in [1.82, 2.24) is 9.55 Å². The summed E-state index contributed by atoms with van der Waals surface area (Å²) in [6, 6.07) is 17.7. The Bertz CT molecular complexity index is 1460. The van der Waals surface area contributed by atoms with E-state index in [-0.39, 0.29) is 17.9 Å². The summed E-state index contributed by atoms with van der Waals surface area (Å²) < 4.78 is 6.90. The molecule has 0 bridgehead atoms. The van der Waals surface area contributed by atoms with Crippen LogP contribution in [0.4, 0.5) is 5.69 Å². The molecule has 4 aromatic rings. The van der Waals surface area contributed by atoms with Crippen LogP contribution in [0, 0.1) is 0 Å². The summed E-state index contributed by atoms with van der Waals surface area (Å²) in [5.41, 5.74) is 2.74. The predicted octanol–water partition coefficient (Wildman–Crippen LogP) is 5.54. The maximum atomic E-state index is 13.4. The predicted molar refractivity (Wildman–Crippen MR) is 142 cm³/mol. The summed E-state index contributed by atoms with van der Waals surface area (Å²) in [7, 11) is 1.30. The van der Waals surface area contributed by atoms with Crippen molar-refractivity contribution in [3.63, 3.8) is 0 Å². The molecule has 7 nitrogen and oxygen atoms in total. The first kappa shape index (κ1) is 25.3. The van der Waals surface area contributed by atoms with Gasteiger partial charge >= 0.3 is 5.97 Å². The van der Waals surface area contributed by atoms with Crippen molar-refractivity contribution in [2.45, 2.75) is 12.5 Å². The fraction of sp³-hybridized carbons (Fsp3) is 0.111. The largest absolute Gasteiger partial charge is 0.465 e. The molecule has 9 heteroatoms. The van der Waals surface area contributed by atoms with E-state index in [0.717, 1.165) is 15.6 Å². The van der Waals surface area contributed by atoms with Crippen LogP contribution in [0.25, 0.3) is 11.1 Å². The maximum Gasteiger partial charge on any atom is 0.337 e. The second-order valence-electron chi connectivity index (χ2n) is 7.92. The van der Waals surface area contributed by atoms with Crippen LogP contribution in [0.1, 0.15) is 22.0 Å². The number of carbonyl (C=O) groups excluding carboxylic acids is 2. The number of hydrogen-bond donors (Lipinski definition) is 1. The average molecular weight is 567 g/mol. The molecule has 2 aromatic heterocycles. The fourth-order valence-electron chi connectivity index (χ4n) is 3.73. The van der Waals surface area contributed by atoms with Gasteiger partial charge in [-0.25, -0.2) is 4.79 Å². The van der Waals surface area contributed by atoms with Crippen molar-refractivity contribution < 1.29 is 14.3 Å². The number of nitrogens with zero attached hydrogens (tertiary/aromatic N) is 2. The van der Waals surface area contributed by atoms with Gasteiger partial charge in [0.15, 0.2) is 0 Å². The minimum atomic E-state index is -0.848. The lowest BCUT2D eigenvalue weighted by atomic mass is 10.0. The summed E-state index contributed by atoms with van der Waals surface area (Å²) >= 11 is 9.64. The monoisotopic (exact) mass is 565 g/mol. The highest BCUT2D eigenvalue weighted by atomic mass is 79.9. The first-order valence-corrected chi connectivity index (χ1v) is 12.1. The second-order valence-corrected chi connectivity index (χ2v) is 9.22. The number of carbonyl (C=O) groups is 2. The number of nitrogens with one attached hydrogen (secondary N) is 1. The topological polar surface area (TPSA) is 90.3 Å². The van der Waals surface area contributed by atoms with Gasteiger partial charge in [-0.1, -0.05) is 33.6 Å². The first-order valence-electron chi connectivity index (χ1n) is 10.9. The van der Waals surface area contributed by atoms with Gasteiger partial charge in [0, 0.05) is 46.3 Å². The van der Waals surface area contributed by atoms with Crippen LogP contribution in [0.3, 0.4) is 0 Å². The smallest absolute Gasteiger partial charge is 0.337 e. The van der Waals surface area contributed by atoms with E-state index in [0.29, 0.717) is 21.8 Å². The summed E-state index contributed by atoms with van der Waals surface area (Å²) in [4.78, 5) is 42.4. The average Bonchev–Trinajstić information content (AvgIpc) is 2.89. The number of benzene rings is 2. The van der Waals surface area contributed by atoms with Gasteiger partial charge in [-0.2, -0.15) is 0 Å². The van der Waals surface area contributed by atoms with E-state index >= 15 is 0 Å². The lowest BCUT2D eigenvalue weighted by molar-refractivity contribution is -0.119. The SMILES string of the molecule is COC(=O)c1ccc(NC(=O)C(Cc2cccnc2)n2ccc(-c3cc(Cl)ccc3Br)cc2=O)cc1. The molecule has 0 aliphatic rings. The number of esters is 1. The highest BCUT2D eigenvalue weighted by molar-refractivity contribution is 9.10. The van der Waals surface area contributed by atoms with Gasteiger partial charge in [0.1, 0.15) is 6.04 Å². The zero-order valence-corrected chi connectivity index (χ0v) is 21.5.